The Labute approximate surface area is 117 Å². The Bertz CT molecular complexity index is 162. The first-order valence-electron chi connectivity index (χ1n) is 1.64. The maximum atomic E-state index is 9.91. The summed E-state index contributed by atoms with van der Waals surface area (Å²) in [6.45, 7) is 0. The number of hydrogen-bond donors (Lipinski definition) is 2. The molecule has 2 unspecified atom stereocenters. The Morgan fingerprint density at radius 1 is 1.00 bits per heavy atom. The molecule has 0 rings (SSSR count). The first-order valence-corrected chi connectivity index (χ1v) is 3.71. The second-order valence-electron chi connectivity index (χ2n) is 0.851. The standard InChI is InChI=1S/CH2O7S2.2Na.2H/c2-1(7-9(3)4)8-10(5)6;;;;/h(H,3,4)(H,5,6);;;;. The van der Waals surface area contributed by atoms with Crippen LogP contribution in [0.2, 0.25) is 0 Å². The van der Waals surface area contributed by atoms with Crippen molar-refractivity contribution in [3.05, 3.63) is 0 Å². The summed E-state index contributed by atoms with van der Waals surface area (Å²) in [5, 5.41) is 0. The van der Waals surface area contributed by atoms with E-state index in [1.165, 1.54) is 0 Å². The predicted octanol–water partition coefficient (Wildman–Crippen LogP) is -1.88. The average Bonchev–Trinajstić information content (AvgIpc) is 1.58. The third kappa shape index (κ3) is 14.0. The summed E-state index contributed by atoms with van der Waals surface area (Å²) in [5.41, 5.74) is 0. The second-order valence-corrected chi connectivity index (χ2v) is 2.05. The van der Waals surface area contributed by atoms with Crippen LogP contribution < -0.4 is 0 Å². The molecule has 0 aromatic heterocycles. The van der Waals surface area contributed by atoms with Gasteiger partial charge in [0, 0.05) is 0 Å². The molecule has 0 saturated heterocycles. The molecular weight excluding hydrogens is 234 g/mol. The molecule has 0 aliphatic rings. The van der Waals surface area contributed by atoms with Crippen LogP contribution in [0.1, 0.15) is 0 Å². The molecule has 0 aromatic carbocycles. The van der Waals surface area contributed by atoms with Gasteiger partial charge >= 0.3 is 88.0 Å². The zero-order valence-corrected chi connectivity index (χ0v) is 5.89. The minimum atomic E-state index is -2.83. The van der Waals surface area contributed by atoms with Crippen LogP contribution in [0.5, 0.6) is 0 Å². The van der Waals surface area contributed by atoms with Gasteiger partial charge in [-0.05, 0) is 0 Å². The molecule has 0 bridgehead atoms. The van der Waals surface area contributed by atoms with E-state index < -0.39 is 28.9 Å². The molecule has 11 heteroatoms. The molecule has 0 fully saturated rings. The van der Waals surface area contributed by atoms with E-state index in [1.807, 2.05) is 0 Å². The quantitative estimate of drug-likeness (QED) is 0.427. The van der Waals surface area contributed by atoms with E-state index in [0.29, 0.717) is 0 Å². The summed E-state index contributed by atoms with van der Waals surface area (Å²) in [6, 6.07) is 0. The van der Waals surface area contributed by atoms with Crippen LogP contribution in [-0.2, 0) is 31.1 Å². The third-order valence-electron chi connectivity index (χ3n) is 0.279. The molecule has 0 saturated carbocycles. The van der Waals surface area contributed by atoms with Crippen LogP contribution in [0.15, 0.2) is 0 Å². The van der Waals surface area contributed by atoms with Gasteiger partial charge in [0.1, 0.15) is 0 Å². The summed E-state index contributed by atoms with van der Waals surface area (Å²) in [4.78, 5) is 9.91. The van der Waals surface area contributed by atoms with Gasteiger partial charge in [0.05, 0.1) is 0 Å². The SMILES string of the molecule is O=C(OS(=O)O)OS(=O)O.[NaH].[NaH]. The van der Waals surface area contributed by atoms with Crippen LogP contribution in [-0.4, -0.2) is 82.8 Å². The monoisotopic (exact) mass is 238 g/mol. The molecule has 0 aromatic rings. The second kappa shape index (κ2) is 10.6. The van der Waals surface area contributed by atoms with Crippen LogP contribution in [0.4, 0.5) is 4.79 Å². The van der Waals surface area contributed by atoms with Gasteiger partial charge in [-0.2, -0.15) is 8.42 Å². The van der Waals surface area contributed by atoms with E-state index in [4.69, 9.17) is 9.11 Å². The topological polar surface area (TPSA) is 110 Å². The fourth-order valence-electron chi connectivity index (χ4n) is 0.130. The molecule has 7 nitrogen and oxygen atoms in total. The third-order valence-corrected chi connectivity index (χ3v) is 0.836. The van der Waals surface area contributed by atoms with Gasteiger partial charge in [0.15, 0.2) is 0 Å². The van der Waals surface area contributed by atoms with Gasteiger partial charge in [-0.3, -0.25) is 9.11 Å². The van der Waals surface area contributed by atoms with Crippen molar-refractivity contribution in [2.24, 2.45) is 0 Å². The zero-order valence-electron chi connectivity index (χ0n) is 4.25. The van der Waals surface area contributed by atoms with Crippen LogP contribution in [0.25, 0.3) is 0 Å². The summed E-state index contributed by atoms with van der Waals surface area (Å²) in [7, 11) is 0. The fraction of sp³-hybridized carbons (Fsp3) is 0. The van der Waals surface area contributed by atoms with Crippen LogP contribution in [0.3, 0.4) is 0 Å². The van der Waals surface area contributed by atoms with Gasteiger partial charge in [0.2, 0.25) is 0 Å². The van der Waals surface area contributed by atoms with Crippen molar-refractivity contribution in [1.82, 2.24) is 0 Å². The molecular formula is CH4Na2O7S2. The molecule has 0 heterocycles. The summed E-state index contributed by atoms with van der Waals surface area (Å²) < 4.78 is 41.6. The Balaban J connectivity index is -0.000000405. The number of hydrogen-bond acceptors (Lipinski definition) is 5. The molecule has 64 valence electrons. The maximum absolute atomic E-state index is 9.91. The molecule has 0 radical (unpaired) electrons. The molecule has 0 aliphatic heterocycles. The Hall–Kier alpha value is 1.49. The normalized spacial score (nSPS) is 12.8. The van der Waals surface area contributed by atoms with E-state index >= 15 is 0 Å². The fourth-order valence-corrected chi connectivity index (χ4v) is 0.474. The van der Waals surface area contributed by atoms with Crippen molar-refractivity contribution in [3.63, 3.8) is 0 Å². The predicted molar refractivity (Wildman–Crippen MR) is 43.4 cm³/mol. The van der Waals surface area contributed by atoms with Crippen LogP contribution >= 0.6 is 0 Å². The molecule has 2 N–H and O–H groups in total. The van der Waals surface area contributed by atoms with E-state index in [0.717, 1.165) is 0 Å². The summed E-state index contributed by atoms with van der Waals surface area (Å²) in [6.07, 6.45) is -1.69. The molecule has 0 aliphatic carbocycles. The van der Waals surface area contributed by atoms with Crippen molar-refractivity contribution in [1.29, 1.82) is 0 Å². The first kappa shape index (κ1) is 19.1. The van der Waals surface area contributed by atoms with E-state index in [9.17, 15) is 13.2 Å². The van der Waals surface area contributed by atoms with Gasteiger partial charge in [-0.25, -0.2) is 4.79 Å². The van der Waals surface area contributed by atoms with Crippen molar-refractivity contribution < 1.29 is 30.7 Å². The van der Waals surface area contributed by atoms with Gasteiger partial charge in [0.25, 0.3) is 0 Å². The molecule has 12 heavy (non-hydrogen) atoms. The number of carbonyl (C=O) groups excluding carboxylic acids is 1. The van der Waals surface area contributed by atoms with E-state index in [1.54, 1.807) is 0 Å². The average molecular weight is 238 g/mol. The van der Waals surface area contributed by atoms with E-state index in [-0.39, 0.29) is 59.1 Å². The first-order chi connectivity index (χ1) is 4.52. The van der Waals surface area contributed by atoms with Crippen molar-refractivity contribution >= 4 is 88.0 Å². The summed E-state index contributed by atoms with van der Waals surface area (Å²) in [5.74, 6) is 0. The molecule has 0 amide bonds. The molecule has 0 spiro atoms. The summed E-state index contributed by atoms with van der Waals surface area (Å²) >= 11 is -5.66. The number of rotatable bonds is 2. The Morgan fingerprint density at radius 2 is 1.25 bits per heavy atom. The Morgan fingerprint density at radius 3 is 1.42 bits per heavy atom. The van der Waals surface area contributed by atoms with Crippen molar-refractivity contribution in [2.75, 3.05) is 0 Å². The van der Waals surface area contributed by atoms with Crippen LogP contribution in [0, 0.1) is 0 Å². The number of carbonyl (C=O) groups is 1. The van der Waals surface area contributed by atoms with E-state index in [2.05, 4.69) is 8.37 Å². The van der Waals surface area contributed by atoms with Gasteiger partial charge < -0.3 is 8.37 Å². The van der Waals surface area contributed by atoms with Gasteiger partial charge in [-0.15, -0.1) is 0 Å². The van der Waals surface area contributed by atoms with Gasteiger partial charge in [-0.1, -0.05) is 0 Å². The van der Waals surface area contributed by atoms with Crippen molar-refractivity contribution in [2.45, 2.75) is 0 Å². The van der Waals surface area contributed by atoms with Crippen molar-refractivity contribution in [3.8, 4) is 0 Å². The minimum absolute atomic E-state index is 0. The molecule has 2 atom stereocenters. The zero-order chi connectivity index (χ0) is 8.15. The Kier molecular flexibility index (Phi) is 16.8.